The minimum atomic E-state index is -0.238. The van der Waals surface area contributed by atoms with E-state index in [0.29, 0.717) is 5.92 Å². The number of rotatable bonds is 1. The summed E-state index contributed by atoms with van der Waals surface area (Å²) in [6.07, 6.45) is 5.21. The van der Waals surface area contributed by atoms with Crippen LogP contribution in [0.2, 0.25) is 0 Å². The van der Waals surface area contributed by atoms with Crippen LogP contribution in [0.4, 0.5) is 0 Å². The van der Waals surface area contributed by atoms with Crippen LogP contribution in [0.3, 0.4) is 0 Å². The first-order chi connectivity index (χ1) is 5.37. The molecule has 0 aromatic rings. The Morgan fingerprint density at radius 2 is 1.91 bits per heavy atom. The van der Waals surface area contributed by atoms with Crippen LogP contribution in [0, 0.1) is 5.92 Å². The zero-order valence-corrected chi connectivity index (χ0v) is 6.71. The Kier molecular flexibility index (Phi) is 1.74. The lowest BCUT2D eigenvalue weighted by molar-refractivity contribution is -0.158. The molecule has 0 aromatic heterocycles. The summed E-state index contributed by atoms with van der Waals surface area (Å²) >= 11 is 0. The molecule has 1 aliphatic carbocycles. The van der Waals surface area contributed by atoms with E-state index in [2.05, 4.69) is 6.58 Å². The highest BCUT2D eigenvalue weighted by atomic mass is 16.7. The van der Waals surface area contributed by atoms with Gasteiger partial charge in [-0.25, -0.2) is 0 Å². The monoisotopic (exact) mass is 154 g/mol. The van der Waals surface area contributed by atoms with Gasteiger partial charge in [-0.2, -0.15) is 0 Å². The van der Waals surface area contributed by atoms with E-state index in [9.17, 15) is 0 Å². The van der Waals surface area contributed by atoms with Gasteiger partial charge < -0.3 is 9.47 Å². The van der Waals surface area contributed by atoms with Crippen molar-refractivity contribution in [1.29, 1.82) is 0 Å². The van der Waals surface area contributed by atoms with Crippen LogP contribution in [0.15, 0.2) is 12.7 Å². The Morgan fingerprint density at radius 1 is 1.27 bits per heavy atom. The summed E-state index contributed by atoms with van der Waals surface area (Å²) in [7, 11) is 0. The Morgan fingerprint density at radius 3 is 2.36 bits per heavy atom. The first kappa shape index (κ1) is 7.32. The van der Waals surface area contributed by atoms with Crippen LogP contribution in [0.5, 0.6) is 0 Å². The summed E-state index contributed by atoms with van der Waals surface area (Å²) in [6.45, 7) is 5.45. The maximum absolute atomic E-state index is 5.61. The second-order valence-corrected chi connectivity index (χ2v) is 3.26. The number of ether oxygens (including phenoxy) is 2. The summed E-state index contributed by atoms with van der Waals surface area (Å²) < 4.78 is 11.2. The Balaban J connectivity index is 1.97. The van der Waals surface area contributed by atoms with Crippen molar-refractivity contribution in [3.8, 4) is 0 Å². The summed E-state index contributed by atoms with van der Waals surface area (Å²) in [5, 5.41) is 0. The lowest BCUT2D eigenvalue weighted by Gasteiger charge is -2.14. The van der Waals surface area contributed by atoms with E-state index in [-0.39, 0.29) is 5.79 Å². The quantitative estimate of drug-likeness (QED) is 0.535. The molecule has 2 rings (SSSR count). The fourth-order valence-electron chi connectivity index (χ4n) is 1.58. The Hall–Kier alpha value is -0.340. The molecule has 1 aliphatic heterocycles. The van der Waals surface area contributed by atoms with Gasteiger partial charge in [0.2, 0.25) is 0 Å². The second-order valence-electron chi connectivity index (χ2n) is 3.26. The number of hydrogen-bond acceptors (Lipinski definition) is 2. The van der Waals surface area contributed by atoms with Gasteiger partial charge in [0.25, 0.3) is 0 Å². The molecule has 1 saturated carbocycles. The summed E-state index contributed by atoms with van der Waals surface area (Å²) in [5.41, 5.74) is 0. The third-order valence-electron chi connectivity index (χ3n) is 2.43. The van der Waals surface area contributed by atoms with Gasteiger partial charge >= 0.3 is 0 Å². The van der Waals surface area contributed by atoms with Crippen molar-refractivity contribution in [3.05, 3.63) is 12.7 Å². The van der Waals surface area contributed by atoms with Crippen molar-refractivity contribution >= 4 is 0 Å². The minimum absolute atomic E-state index is 0.238. The standard InChI is InChI=1S/C9H14O2/c1-2-8-7-9(8)10-5-3-4-6-11-9/h2,8H,1,3-7H2. The molecular weight excluding hydrogens is 140 g/mol. The molecule has 0 N–H and O–H groups in total. The maximum Gasteiger partial charge on any atom is 0.175 e. The molecule has 2 aliphatic rings. The molecule has 0 bridgehead atoms. The van der Waals surface area contributed by atoms with Crippen LogP contribution < -0.4 is 0 Å². The third kappa shape index (κ3) is 1.21. The zero-order valence-electron chi connectivity index (χ0n) is 6.71. The third-order valence-corrected chi connectivity index (χ3v) is 2.43. The van der Waals surface area contributed by atoms with Crippen molar-refractivity contribution < 1.29 is 9.47 Å². The highest BCUT2D eigenvalue weighted by Crippen LogP contribution is 2.49. The topological polar surface area (TPSA) is 18.5 Å². The van der Waals surface area contributed by atoms with Crippen molar-refractivity contribution in [2.24, 2.45) is 5.92 Å². The summed E-state index contributed by atoms with van der Waals surface area (Å²) in [6, 6.07) is 0. The smallest absolute Gasteiger partial charge is 0.175 e. The molecular formula is C9H14O2. The van der Waals surface area contributed by atoms with Crippen molar-refractivity contribution in [2.75, 3.05) is 13.2 Å². The molecule has 2 fully saturated rings. The lowest BCUT2D eigenvalue weighted by Crippen LogP contribution is -2.19. The number of hydrogen-bond donors (Lipinski definition) is 0. The van der Waals surface area contributed by atoms with E-state index < -0.39 is 0 Å². The SMILES string of the molecule is C=CC1CC12OCCCCO2. The predicted molar refractivity (Wildman–Crippen MR) is 42.2 cm³/mol. The molecule has 1 heterocycles. The first-order valence-corrected chi connectivity index (χ1v) is 4.28. The largest absolute Gasteiger partial charge is 0.349 e. The van der Waals surface area contributed by atoms with Gasteiger partial charge in [0.05, 0.1) is 13.2 Å². The molecule has 2 heteroatoms. The van der Waals surface area contributed by atoms with E-state index in [1.165, 1.54) is 0 Å². The van der Waals surface area contributed by atoms with Crippen LogP contribution in [0.25, 0.3) is 0 Å². The average molecular weight is 154 g/mol. The molecule has 0 amide bonds. The van der Waals surface area contributed by atoms with E-state index in [1.807, 2.05) is 6.08 Å². The fraction of sp³-hybridized carbons (Fsp3) is 0.778. The first-order valence-electron chi connectivity index (χ1n) is 4.28. The molecule has 11 heavy (non-hydrogen) atoms. The van der Waals surface area contributed by atoms with Gasteiger partial charge in [-0.1, -0.05) is 6.08 Å². The highest BCUT2D eigenvalue weighted by Gasteiger charge is 2.55. The summed E-state index contributed by atoms with van der Waals surface area (Å²) in [5.74, 6) is 0.207. The second kappa shape index (κ2) is 2.61. The van der Waals surface area contributed by atoms with Gasteiger partial charge in [0, 0.05) is 12.3 Å². The summed E-state index contributed by atoms with van der Waals surface area (Å²) in [4.78, 5) is 0. The van der Waals surface area contributed by atoms with Gasteiger partial charge in [-0.3, -0.25) is 0 Å². The molecule has 0 aromatic carbocycles. The van der Waals surface area contributed by atoms with Gasteiger partial charge in [0.1, 0.15) is 0 Å². The fourth-order valence-corrected chi connectivity index (χ4v) is 1.58. The van der Waals surface area contributed by atoms with E-state index in [0.717, 1.165) is 32.5 Å². The van der Waals surface area contributed by atoms with Crippen molar-refractivity contribution in [3.63, 3.8) is 0 Å². The minimum Gasteiger partial charge on any atom is -0.349 e. The molecule has 1 atom stereocenters. The average Bonchev–Trinajstić information content (AvgIpc) is 2.76. The Labute approximate surface area is 67.2 Å². The molecule has 62 valence electrons. The predicted octanol–water partition coefficient (Wildman–Crippen LogP) is 1.72. The van der Waals surface area contributed by atoms with Gasteiger partial charge in [-0.05, 0) is 12.8 Å². The van der Waals surface area contributed by atoms with E-state index in [1.54, 1.807) is 0 Å². The van der Waals surface area contributed by atoms with Crippen LogP contribution in [0.1, 0.15) is 19.3 Å². The van der Waals surface area contributed by atoms with E-state index >= 15 is 0 Å². The zero-order chi connectivity index (χ0) is 7.73. The molecule has 2 nitrogen and oxygen atoms in total. The molecule has 1 spiro atoms. The van der Waals surface area contributed by atoms with E-state index in [4.69, 9.17) is 9.47 Å². The highest BCUT2D eigenvalue weighted by molar-refractivity contribution is 5.07. The molecule has 0 radical (unpaired) electrons. The van der Waals surface area contributed by atoms with Crippen molar-refractivity contribution in [1.82, 2.24) is 0 Å². The van der Waals surface area contributed by atoms with Crippen molar-refractivity contribution in [2.45, 2.75) is 25.0 Å². The van der Waals surface area contributed by atoms with Gasteiger partial charge in [0.15, 0.2) is 5.79 Å². The lowest BCUT2D eigenvalue weighted by atomic mass is 10.3. The maximum atomic E-state index is 5.61. The van der Waals surface area contributed by atoms with Crippen LogP contribution in [-0.4, -0.2) is 19.0 Å². The van der Waals surface area contributed by atoms with Gasteiger partial charge in [-0.15, -0.1) is 6.58 Å². The normalized spacial score (nSPS) is 34.7. The van der Waals surface area contributed by atoms with Crippen LogP contribution >= 0.6 is 0 Å². The molecule has 1 saturated heterocycles. The molecule has 1 unspecified atom stereocenters. The Bertz CT molecular complexity index is 157. The van der Waals surface area contributed by atoms with Crippen LogP contribution in [-0.2, 0) is 9.47 Å².